The third kappa shape index (κ3) is 4.83. The summed E-state index contributed by atoms with van der Waals surface area (Å²) in [7, 11) is 0. The lowest BCUT2D eigenvalue weighted by Gasteiger charge is -2.33. The van der Waals surface area contributed by atoms with Crippen molar-refractivity contribution in [1.82, 2.24) is 0 Å². The molecule has 0 aliphatic heterocycles. The minimum atomic E-state index is -0.0757. The molecule has 1 nitrogen and oxygen atoms in total. The van der Waals surface area contributed by atoms with Crippen LogP contribution in [-0.2, 0) is 10.8 Å². The fourth-order valence-corrected chi connectivity index (χ4v) is 6.85. The van der Waals surface area contributed by atoms with Gasteiger partial charge >= 0.3 is 0 Å². The predicted octanol–water partition coefficient (Wildman–Crippen LogP) is 12.1. The standard InChI is InChI=1S/C43H39N/c1-42(2,3)40-28-33(31-16-10-7-11-17-31)22-27-41(40)44(34-23-20-32(21-24-34)30-14-8-6-9-15-30)35-25-26-39-37(29-35)36-18-12-13-19-38(36)43(39,4)5/h6-29H,1-5H3. The second kappa shape index (κ2) is 10.7. The molecule has 0 atom stereocenters. The van der Waals surface area contributed by atoms with Crippen LogP contribution in [0.15, 0.2) is 146 Å². The first-order valence-corrected chi connectivity index (χ1v) is 15.6. The van der Waals surface area contributed by atoms with E-state index in [2.05, 4.69) is 185 Å². The van der Waals surface area contributed by atoms with Crippen LogP contribution in [0, 0.1) is 0 Å². The van der Waals surface area contributed by atoms with Crippen molar-refractivity contribution < 1.29 is 0 Å². The van der Waals surface area contributed by atoms with Crippen molar-refractivity contribution in [2.24, 2.45) is 0 Å². The summed E-state index contributed by atoms with van der Waals surface area (Å²) in [5, 5.41) is 0. The Balaban J connectivity index is 1.43. The van der Waals surface area contributed by atoms with Gasteiger partial charge in [0.1, 0.15) is 0 Å². The first kappa shape index (κ1) is 27.9. The highest BCUT2D eigenvalue weighted by molar-refractivity contribution is 5.88. The first-order valence-electron chi connectivity index (χ1n) is 15.6. The molecule has 44 heavy (non-hydrogen) atoms. The molecule has 1 heteroatoms. The lowest BCUT2D eigenvalue weighted by molar-refractivity contribution is 0.591. The lowest BCUT2D eigenvalue weighted by Crippen LogP contribution is -2.19. The van der Waals surface area contributed by atoms with E-state index >= 15 is 0 Å². The van der Waals surface area contributed by atoms with Crippen molar-refractivity contribution in [3.8, 4) is 33.4 Å². The number of fused-ring (bicyclic) bond motifs is 3. The number of anilines is 3. The largest absolute Gasteiger partial charge is 0.310 e. The van der Waals surface area contributed by atoms with E-state index in [0.717, 1.165) is 5.69 Å². The van der Waals surface area contributed by atoms with Crippen LogP contribution in [-0.4, -0.2) is 0 Å². The Labute approximate surface area is 262 Å². The molecule has 0 aromatic heterocycles. The number of hydrogen-bond acceptors (Lipinski definition) is 1. The highest BCUT2D eigenvalue weighted by atomic mass is 15.1. The quantitative estimate of drug-likeness (QED) is 0.200. The molecule has 0 saturated carbocycles. The number of benzene rings is 6. The van der Waals surface area contributed by atoms with Gasteiger partial charge in [-0.3, -0.25) is 0 Å². The zero-order chi connectivity index (χ0) is 30.5. The van der Waals surface area contributed by atoms with Crippen LogP contribution in [0.25, 0.3) is 33.4 Å². The van der Waals surface area contributed by atoms with Gasteiger partial charge in [-0.25, -0.2) is 0 Å². The van der Waals surface area contributed by atoms with Gasteiger partial charge < -0.3 is 4.90 Å². The molecule has 7 rings (SSSR count). The molecule has 0 unspecified atom stereocenters. The van der Waals surface area contributed by atoms with Crippen LogP contribution in [0.1, 0.15) is 51.3 Å². The van der Waals surface area contributed by atoms with Gasteiger partial charge in [0.15, 0.2) is 0 Å². The van der Waals surface area contributed by atoms with Gasteiger partial charge in [-0.1, -0.05) is 144 Å². The second-order valence-electron chi connectivity index (χ2n) is 13.5. The maximum atomic E-state index is 2.46. The summed E-state index contributed by atoms with van der Waals surface area (Å²) >= 11 is 0. The van der Waals surface area contributed by atoms with Crippen molar-refractivity contribution in [3.63, 3.8) is 0 Å². The molecule has 0 bridgehead atoms. The van der Waals surface area contributed by atoms with E-state index in [1.54, 1.807) is 0 Å². The normalized spacial score (nSPS) is 13.3. The van der Waals surface area contributed by atoms with E-state index in [9.17, 15) is 0 Å². The van der Waals surface area contributed by atoms with Crippen molar-refractivity contribution in [2.45, 2.75) is 45.4 Å². The molecule has 1 aliphatic carbocycles. The van der Waals surface area contributed by atoms with Gasteiger partial charge in [-0.05, 0) is 91.9 Å². The predicted molar refractivity (Wildman–Crippen MR) is 188 cm³/mol. The van der Waals surface area contributed by atoms with Gasteiger partial charge in [0.05, 0.1) is 0 Å². The molecule has 6 aromatic rings. The fraction of sp³-hybridized carbons (Fsp3) is 0.163. The molecule has 0 spiro atoms. The smallest absolute Gasteiger partial charge is 0.0499 e. The molecular weight excluding hydrogens is 530 g/mol. The van der Waals surface area contributed by atoms with Gasteiger partial charge in [-0.15, -0.1) is 0 Å². The Morgan fingerprint density at radius 1 is 0.455 bits per heavy atom. The molecule has 1 aliphatic rings. The van der Waals surface area contributed by atoms with Crippen LogP contribution in [0.3, 0.4) is 0 Å². The zero-order valence-electron chi connectivity index (χ0n) is 26.3. The highest BCUT2D eigenvalue weighted by Crippen LogP contribution is 2.51. The molecule has 0 amide bonds. The van der Waals surface area contributed by atoms with Gasteiger partial charge in [0.25, 0.3) is 0 Å². The Hall–Kier alpha value is -4.88. The summed E-state index contributed by atoms with van der Waals surface area (Å²) < 4.78 is 0. The Morgan fingerprint density at radius 3 is 1.64 bits per heavy atom. The van der Waals surface area contributed by atoms with E-state index in [0.29, 0.717) is 0 Å². The number of rotatable bonds is 5. The third-order valence-electron chi connectivity index (χ3n) is 9.21. The van der Waals surface area contributed by atoms with Crippen molar-refractivity contribution >= 4 is 17.1 Å². The minimum Gasteiger partial charge on any atom is -0.310 e. The van der Waals surface area contributed by atoms with Crippen LogP contribution in [0.4, 0.5) is 17.1 Å². The SMILES string of the molecule is CC(C)(C)c1cc(-c2ccccc2)ccc1N(c1ccc(-c2ccccc2)cc1)c1ccc2c(c1)-c1ccccc1C2(C)C. The van der Waals surface area contributed by atoms with Gasteiger partial charge in [0.2, 0.25) is 0 Å². The van der Waals surface area contributed by atoms with Crippen molar-refractivity contribution in [2.75, 3.05) is 4.90 Å². The third-order valence-corrected chi connectivity index (χ3v) is 9.21. The van der Waals surface area contributed by atoms with Crippen LogP contribution >= 0.6 is 0 Å². The molecule has 0 heterocycles. The van der Waals surface area contributed by atoms with E-state index in [1.807, 2.05) is 0 Å². The number of nitrogens with zero attached hydrogens (tertiary/aromatic N) is 1. The molecular formula is C43H39N. The molecule has 0 radical (unpaired) electrons. The molecule has 0 fully saturated rings. The second-order valence-corrected chi connectivity index (χ2v) is 13.5. The summed E-state index contributed by atoms with van der Waals surface area (Å²) in [4.78, 5) is 2.46. The summed E-state index contributed by atoms with van der Waals surface area (Å²) in [6.45, 7) is 11.6. The van der Waals surface area contributed by atoms with Crippen LogP contribution in [0.2, 0.25) is 0 Å². The average Bonchev–Trinajstić information content (AvgIpc) is 3.28. The summed E-state index contributed by atoms with van der Waals surface area (Å²) in [5.74, 6) is 0. The molecule has 6 aromatic carbocycles. The van der Waals surface area contributed by atoms with Gasteiger partial charge in [0, 0.05) is 22.5 Å². The van der Waals surface area contributed by atoms with Crippen molar-refractivity contribution in [1.29, 1.82) is 0 Å². The van der Waals surface area contributed by atoms with Crippen LogP contribution < -0.4 is 4.90 Å². The van der Waals surface area contributed by atoms with Crippen molar-refractivity contribution in [3.05, 3.63) is 162 Å². The summed E-state index contributed by atoms with van der Waals surface area (Å²) in [6, 6.07) is 53.3. The van der Waals surface area contributed by atoms with E-state index < -0.39 is 0 Å². The maximum Gasteiger partial charge on any atom is 0.0499 e. The maximum absolute atomic E-state index is 2.46. The van der Waals surface area contributed by atoms with Crippen LogP contribution in [0.5, 0.6) is 0 Å². The zero-order valence-corrected chi connectivity index (χ0v) is 26.3. The van der Waals surface area contributed by atoms with E-state index in [-0.39, 0.29) is 10.8 Å². The van der Waals surface area contributed by atoms with E-state index in [1.165, 1.54) is 61.4 Å². The summed E-state index contributed by atoms with van der Waals surface area (Å²) in [5.41, 5.74) is 15.1. The van der Waals surface area contributed by atoms with E-state index in [4.69, 9.17) is 0 Å². The lowest BCUT2D eigenvalue weighted by atomic mass is 9.82. The average molecular weight is 570 g/mol. The Kier molecular flexibility index (Phi) is 6.78. The Morgan fingerprint density at radius 2 is 0.977 bits per heavy atom. The minimum absolute atomic E-state index is 0.0273. The molecule has 0 saturated heterocycles. The number of hydrogen-bond donors (Lipinski definition) is 0. The monoisotopic (exact) mass is 569 g/mol. The first-order chi connectivity index (χ1) is 21.2. The van der Waals surface area contributed by atoms with Gasteiger partial charge in [-0.2, -0.15) is 0 Å². The molecule has 216 valence electrons. The fourth-order valence-electron chi connectivity index (χ4n) is 6.85. The summed E-state index contributed by atoms with van der Waals surface area (Å²) in [6.07, 6.45) is 0. The Bertz CT molecular complexity index is 1940. The topological polar surface area (TPSA) is 3.24 Å². The molecule has 0 N–H and O–H groups in total. The highest BCUT2D eigenvalue weighted by Gasteiger charge is 2.35.